The van der Waals surface area contributed by atoms with Crippen LogP contribution in [0, 0.1) is 42.4 Å². The molecule has 172 valence electrons. The molecule has 1 spiro atoms. The molecular weight excluding hydrogens is 398 g/mol. The van der Waals surface area contributed by atoms with E-state index in [1.807, 2.05) is 25.5 Å². The van der Waals surface area contributed by atoms with Crippen molar-refractivity contribution in [2.24, 2.45) is 28.6 Å². The summed E-state index contributed by atoms with van der Waals surface area (Å²) in [7, 11) is 0. The van der Waals surface area contributed by atoms with Gasteiger partial charge in [-0.25, -0.2) is 4.68 Å². The Kier molecular flexibility index (Phi) is 5.05. The number of amides is 1. The number of benzene rings is 1. The molecule has 1 N–H and O–H groups in total. The predicted octanol–water partition coefficient (Wildman–Crippen LogP) is 5.14. The molecule has 3 aliphatic rings. The summed E-state index contributed by atoms with van der Waals surface area (Å²) in [5.74, 6) is 1.24. The predicted molar refractivity (Wildman–Crippen MR) is 126 cm³/mol. The summed E-state index contributed by atoms with van der Waals surface area (Å²) >= 11 is 0. The lowest BCUT2D eigenvalue weighted by Gasteiger charge is -2.53. The highest BCUT2D eigenvalue weighted by Gasteiger charge is 2.68. The lowest BCUT2D eigenvalue weighted by molar-refractivity contribution is -0.139. The first-order valence-corrected chi connectivity index (χ1v) is 12.2. The molecular formula is C27H37N3O2. The van der Waals surface area contributed by atoms with Crippen LogP contribution in [-0.4, -0.2) is 28.3 Å². The topological polar surface area (TPSA) is 56.1 Å². The first-order chi connectivity index (χ1) is 15.1. The van der Waals surface area contributed by atoms with Gasteiger partial charge in [-0.3, -0.25) is 4.79 Å². The van der Waals surface area contributed by atoms with Crippen molar-refractivity contribution >= 4 is 5.91 Å². The van der Waals surface area contributed by atoms with Crippen molar-refractivity contribution in [3.63, 3.8) is 0 Å². The van der Waals surface area contributed by atoms with Gasteiger partial charge in [0.1, 0.15) is 0 Å². The molecule has 1 aliphatic heterocycles. The van der Waals surface area contributed by atoms with Crippen LogP contribution in [0.2, 0.25) is 0 Å². The largest absolute Gasteiger partial charge is 0.373 e. The maximum atomic E-state index is 12.8. The highest BCUT2D eigenvalue weighted by Crippen LogP contribution is 2.70. The van der Waals surface area contributed by atoms with E-state index >= 15 is 0 Å². The summed E-state index contributed by atoms with van der Waals surface area (Å²) in [6, 6.07) is 11.0. The van der Waals surface area contributed by atoms with E-state index in [2.05, 4.69) is 61.5 Å². The molecule has 2 bridgehead atoms. The SMILES string of the molecule is Cc1cc(C)n(-c2cccc([C@H]3OCC[C@@]45C[C@@H](C[C@H]34)C(C)(C)[C@@H]5NC(=O)C(C)C)c2)n1. The molecule has 1 saturated heterocycles. The summed E-state index contributed by atoms with van der Waals surface area (Å²) in [4.78, 5) is 12.8. The number of ether oxygens (including phenoxy) is 1. The van der Waals surface area contributed by atoms with Crippen molar-refractivity contribution in [2.75, 3.05) is 6.61 Å². The molecule has 0 radical (unpaired) electrons. The number of hydrogen-bond acceptors (Lipinski definition) is 3. The third-order valence-electron chi connectivity index (χ3n) is 8.77. The Labute approximate surface area is 191 Å². The number of nitrogens with zero attached hydrogens (tertiary/aromatic N) is 2. The van der Waals surface area contributed by atoms with Crippen LogP contribution in [-0.2, 0) is 9.53 Å². The highest BCUT2D eigenvalue weighted by molar-refractivity contribution is 5.78. The molecule has 0 unspecified atom stereocenters. The number of carbonyl (C=O) groups is 1. The Balaban J connectivity index is 1.49. The Bertz CT molecular complexity index is 1040. The normalized spacial score (nSPS) is 32.8. The molecule has 2 saturated carbocycles. The van der Waals surface area contributed by atoms with Crippen LogP contribution >= 0.6 is 0 Å². The molecule has 1 aromatic carbocycles. The number of aromatic nitrogens is 2. The molecule has 2 aliphatic carbocycles. The van der Waals surface area contributed by atoms with Crippen molar-refractivity contribution in [3.8, 4) is 5.69 Å². The average Bonchev–Trinajstić information content (AvgIpc) is 3.36. The van der Waals surface area contributed by atoms with Crippen molar-refractivity contribution in [1.29, 1.82) is 0 Å². The van der Waals surface area contributed by atoms with Gasteiger partial charge in [0.2, 0.25) is 5.91 Å². The van der Waals surface area contributed by atoms with Crippen LogP contribution in [0.25, 0.3) is 5.69 Å². The minimum atomic E-state index is 0.00728. The minimum absolute atomic E-state index is 0.00728. The van der Waals surface area contributed by atoms with E-state index < -0.39 is 0 Å². The van der Waals surface area contributed by atoms with Crippen LogP contribution in [0.4, 0.5) is 0 Å². The van der Waals surface area contributed by atoms with E-state index in [0.717, 1.165) is 30.1 Å². The van der Waals surface area contributed by atoms with Crippen molar-refractivity contribution in [1.82, 2.24) is 15.1 Å². The molecule has 5 heteroatoms. The molecule has 5 rings (SSSR count). The summed E-state index contributed by atoms with van der Waals surface area (Å²) in [6.45, 7) is 13.6. The molecule has 1 amide bonds. The zero-order valence-electron chi connectivity index (χ0n) is 20.3. The van der Waals surface area contributed by atoms with E-state index in [9.17, 15) is 4.79 Å². The molecule has 2 aromatic rings. The zero-order valence-corrected chi connectivity index (χ0v) is 20.3. The smallest absolute Gasteiger partial charge is 0.222 e. The summed E-state index contributed by atoms with van der Waals surface area (Å²) in [6.07, 6.45) is 3.48. The molecule has 5 nitrogen and oxygen atoms in total. The number of aryl methyl sites for hydroxylation is 2. The van der Waals surface area contributed by atoms with Gasteiger partial charge in [-0.1, -0.05) is 39.8 Å². The van der Waals surface area contributed by atoms with Gasteiger partial charge in [-0.15, -0.1) is 0 Å². The van der Waals surface area contributed by atoms with Crippen LogP contribution in [0.5, 0.6) is 0 Å². The average molecular weight is 436 g/mol. The number of fused-ring (bicyclic) bond motifs is 1. The van der Waals surface area contributed by atoms with Crippen LogP contribution in [0.3, 0.4) is 0 Å². The van der Waals surface area contributed by atoms with E-state index in [4.69, 9.17) is 4.74 Å². The monoisotopic (exact) mass is 435 g/mol. The first kappa shape index (κ1) is 21.7. The van der Waals surface area contributed by atoms with E-state index in [0.29, 0.717) is 11.8 Å². The Morgan fingerprint density at radius 1 is 1.25 bits per heavy atom. The van der Waals surface area contributed by atoms with Crippen molar-refractivity contribution < 1.29 is 9.53 Å². The quantitative estimate of drug-likeness (QED) is 0.723. The molecule has 1 aromatic heterocycles. The number of carbonyl (C=O) groups excluding carboxylic acids is 1. The van der Waals surface area contributed by atoms with Gasteiger partial charge in [0.15, 0.2) is 0 Å². The van der Waals surface area contributed by atoms with E-state index in [-0.39, 0.29) is 34.8 Å². The second-order valence-corrected chi connectivity index (χ2v) is 11.4. The fraction of sp³-hybridized carbons (Fsp3) is 0.630. The molecule has 5 atom stereocenters. The zero-order chi connectivity index (χ0) is 22.8. The molecule has 32 heavy (non-hydrogen) atoms. The minimum Gasteiger partial charge on any atom is -0.373 e. The summed E-state index contributed by atoms with van der Waals surface area (Å²) < 4.78 is 8.50. The van der Waals surface area contributed by atoms with Crippen LogP contribution in [0.15, 0.2) is 30.3 Å². The lowest BCUT2D eigenvalue weighted by atomic mass is 9.58. The molecule has 2 heterocycles. The maximum absolute atomic E-state index is 12.8. The first-order valence-electron chi connectivity index (χ1n) is 12.2. The number of hydrogen-bond donors (Lipinski definition) is 1. The van der Waals surface area contributed by atoms with Gasteiger partial charge in [0.25, 0.3) is 0 Å². The van der Waals surface area contributed by atoms with E-state index in [1.165, 1.54) is 18.4 Å². The second-order valence-electron chi connectivity index (χ2n) is 11.4. The van der Waals surface area contributed by atoms with Gasteiger partial charge < -0.3 is 10.1 Å². The number of nitrogens with one attached hydrogen (secondary N) is 1. The van der Waals surface area contributed by atoms with Crippen LogP contribution in [0.1, 0.15) is 70.0 Å². The van der Waals surface area contributed by atoms with Gasteiger partial charge in [0, 0.05) is 24.3 Å². The summed E-state index contributed by atoms with van der Waals surface area (Å²) in [5.41, 5.74) is 4.73. The Morgan fingerprint density at radius 3 is 2.72 bits per heavy atom. The van der Waals surface area contributed by atoms with Crippen LogP contribution < -0.4 is 5.32 Å². The van der Waals surface area contributed by atoms with E-state index in [1.54, 1.807) is 0 Å². The third-order valence-corrected chi connectivity index (χ3v) is 8.77. The van der Waals surface area contributed by atoms with Gasteiger partial charge in [-0.2, -0.15) is 5.10 Å². The summed E-state index contributed by atoms with van der Waals surface area (Å²) in [5, 5.41) is 8.18. The van der Waals surface area contributed by atoms with Gasteiger partial charge in [-0.05, 0) is 79.5 Å². The fourth-order valence-corrected chi connectivity index (χ4v) is 7.15. The maximum Gasteiger partial charge on any atom is 0.222 e. The van der Waals surface area contributed by atoms with Gasteiger partial charge >= 0.3 is 0 Å². The standard InChI is InChI=1S/C27H37N3O2/c1-16(2)24(31)28-25-26(5,6)20-14-22-23(32-11-10-27(22,25)15-20)19-8-7-9-21(13-19)30-18(4)12-17(3)29-30/h7-9,12-13,16,20,22-23,25H,10-11,14-15H2,1-6H3,(H,28,31)/t20-,22-,23-,25+,27-/m1/s1. The molecule has 3 fully saturated rings. The highest BCUT2D eigenvalue weighted by atomic mass is 16.5. The lowest BCUT2D eigenvalue weighted by Crippen LogP contribution is -2.59. The Morgan fingerprint density at radius 2 is 2.03 bits per heavy atom. The van der Waals surface area contributed by atoms with Crippen molar-refractivity contribution in [3.05, 3.63) is 47.3 Å². The number of rotatable bonds is 4. The third kappa shape index (κ3) is 3.15. The fourth-order valence-electron chi connectivity index (χ4n) is 7.15. The van der Waals surface area contributed by atoms with Gasteiger partial charge in [0.05, 0.1) is 17.5 Å². The second kappa shape index (κ2) is 7.44. The van der Waals surface area contributed by atoms with Crippen molar-refractivity contribution in [2.45, 2.75) is 73.0 Å². The Hall–Kier alpha value is -2.14.